The van der Waals surface area contributed by atoms with Crippen molar-refractivity contribution in [2.24, 2.45) is 0 Å². The molecule has 8 heteroatoms. The topological polar surface area (TPSA) is 105 Å². The minimum atomic E-state index is -1.05. The van der Waals surface area contributed by atoms with Crippen molar-refractivity contribution in [3.63, 3.8) is 0 Å². The van der Waals surface area contributed by atoms with E-state index in [9.17, 15) is 14.4 Å². The molecule has 1 aliphatic heterocycles. The van der Waals surface area contributed by atoms with Crippen LogP contribution in [0.1, 0.15) is 43.7 Å². The molecule has 1 saturated heterocycles. The zero-order chi connectivity index (χ0) is 24.3. The Morgan fingerprint density at radius 2 is 1.68 bits per heavy atom. The number of hydrogen-bond donors (Lipinski definition) is 2. The number of likely N-dealkylation sites (tertiary alicyclic amines) is 1. The highest BCUT2D eigenvalue weighted by molar-refractivity contribution is 5.86. The molecule has 1 heterocycles. The molecule has 0 bridgehead atoms. The Morgan fingerprint density at radius 3 is 2.24 bits per heavy atom. The number of aliphatic carboxylic acids is 1. The first kappa shape index (κ1) is 23.8. The van der Waals surface area contributed by atoms with Crippen LogP contribution in [0.3, 0.4) is 0 Å². The van der Waals surface area contributed by atoms with Crippen molar-refractivity contribution in [1.82, 2.24) is 10.2 Å². The van der Waals surface area contributed by atoms with Crippen molar-refractivity contribution in [3.8, 4) is 11.1 Å². The van der Waals surface area contributed by atoms with E-state index in [4.69, 9.17) is 14.6 Å². The highest BCUT2D eigenvalue weighted by atomic mass is 16.5. The van der Waals surface area contributed by atoms with E-state index in [1.54, 1.807) is 11.8 Å². The molecule has 0 saturated carbocycles. The molecular weight excluding hydrogens is 436 g/mol. The number of alkyl carbamates (subject to hydrolysis) is 1. The molecule has 0 unspecified atom stereocenters. The zero-order valence-electron chi connectivity index (χ0n) is 19.5. The summed E-state index contributed by atoms with van der Waals surface area (Å²) in [5, 5.41) is 11.5. The second-order valence-corrected chi connectivity index (χ2v) is 9.14. The van der Waals surface area contributed by atoms with Crippen molar-refractivity contribution in [3.05, 3.63) is 59.7 Å². The predicted molar refractivity (Wildman–Crippen MR) is 125 cm³/mol. The molecule has 0 aromatic heterocycles. The number of carboxylic acid groups (broad SMARTS) is 1. The predicted octanol–water partition coefficient (Wildman–Crippen LogP) is 3.40. The fraction of sp³-hybridized carbons (Fsp3) is 0.423. The fourth-order valence-corrected chi connectivity index (χ4v) is 4.79. The van der Waals surface area contributed by atoms with Crippen LogP contribution in [-0.4, -0.2) is 65.9 Å². The lowest BCUT2D eigenvalue weighted by molar-refractivity contribution is -0.174. The van der Waals surface area contributed by atoms with Crippen LogP contribution in [0.5, 0.6) is 0 Å². The average molecular weight is 467 g/mol. The van der Waals surface area contributed by atoms with Crippen LogP contribution in [0, 0.1) is 0 Å². The quantitative estimate of drug-likeness (QED) is 0.587. The van der Waals surface area contributed by atoms with E-state index in [-0.39, 0.29) is 31.5 Å². The highest BCUT2D eigenvalue weighted by Gasteiger charge is 2.44. The average Bonchev–Trinajstić information content (AvgIpc) is 3.12. The van der Waals surface area contributed by atoms with Crippen molar-refractivity contribution >= 4 is 18.0 Å². The second-order valence-electron chi connectivity index (χ2n) is 9.14. The first-order chi connectivity index (χ1) is 16.3. The minimum absolute atomic E-state index is 0.0547. The lowest BCUT2D eigenvalue weighted by Gasteiger charge is -2.48. The number of carbonyl (C=O) groups excluding carboxylic acids is 2. The Bertz CT molecular complexity index is 1030. The molecule has 1 atom stereocenters. The maximum absolute atomic E-state index is 12.9. The summed E-state index contributed by atoms with van der Waals surface area (Å²) in [4.78, 5) is 37.9. The SMILES string of the molecule is CCC[C@H](NC(=O)OCC1c2ccccc2-c2ccccc21)C(=O)N1CC(C)(OCC(=O)O)C1. The maximum Gasteiger partial charge on any atom is 0.407 e. The Labute approximate surface area is 198 Å². The number of nitrogens with one attached hydrogen (secondary N) is 1. The van der Waals surface area contributed by atoms with Gasteiger partial charge in [-0.3, -0.25) is 4.79 Å². The third-order valence-electron chi connectivity index (χ3n) is 6.42. The third-order valence-corrected chi connectivity index (χ3v) is 6.42. The van der Waals surface area contributed by atoms with E-state index in [2.05, 4.69) is 29.6 Å². The smallest absolute Gasteiger partial charge is 0.407 e. The number of amides is 2. The summed E-state index contributed by atoms with van der Waals surface area (Å²) in [6.07, 6.45) is 0.562. The van der Waals surface area contributed by atoms with Gasteiger partial charge in [0, 0.05) is 5.92 Å². The van der Waals surface area contributed by atoms with E-state index >= 15 is 0 Å². The van der Waals surface area contributed by atoms with Crippen LogP contribution in [0.25, 0.3) is 11.1 Å². The van der Waals surface area contributed by atoms with Crippen LogP contribution in [-0.2, 0) is 19.1 Å². The van der Waals surface area contributed by atoms with Gasteiger partial charge in [-0.1, -0.05) is 61.9 Å². The van der Waals surface area contributed by atoms with Gasteiger partial charge < -0.3 is 24.8 Å². The second kappa shape index (κ2) is 9.85. The van der Waals surface area contributed by atoms with Crippen LogP contribution in [0.2, 0.25) is 0 Å². The maximum atomic E-state index is 12.9. The van der Waals surface area contributed by atoms with E-state index in [1.807, 2.05) is 31.2 Å². The minimum Gasteiger partial charge on any atom is -0.480 e. The monoisotopic (exact) mass is 466 g/mol. The van der Waals surface area contributed by atoms with Crippen molar-refractivity contribution in [1.29, 1.82) is 0 Å². The molecule has 2 N–H and O–H groups in total. The summed E-state index contributed by atoms with van der Waals surface area (Å²) >= 11 is 0. The van der Waals surface area contributed by atoms with Gasteiger partial charge >= 0.3 is 12.1 Å². The van der Waals surface area contributed by atoms with E-state index in [1.165, 1.54) is 0 Å². The number of benzene rings is 2. The first-order valence-corrected chi connectivity index (χ1v) is 11.6. The van der Waals surface area contributed by atoms with Gasteiger partial charge in [-0.15, -0.1) is 0 Å². The van der Waals surface area contributed by atoms with E-state index in [0.717, 1.165) is 22.3 Å². The normalized spacial score (nSPS) is 16.7. The molecule has 34 heavy (non-hydrogen) atoms. The Morgan fingerprint density at radius 1 is 1.09 bits per heavy atom. The largest absolute Gasteiger partial charge is 0.480 e. The van der Waals surface area contributed by atoms with Gasteiger partial charge in [-0.25, -0.2) is 9.59 Å². The number of carboxylic acids is 1. The Kier molecular flexibility index (Phi) is 6.88. The number of nitrogens with zero attached hydrogens (tertiary/aromatic N) is 1. The van der Waals surface area contributed by atoms with Gasteiger partial charge in [0.15, 0.2) is 0 Å². The highest BCUT2D eigenvalue weighted by Crippen LogP contribution is 2.44. The standard InChI is InChI=1S/C26H30N2O6/c1-3-8-22(24(31)28-15-26(2,16-28)34-14-23(29)30)27-25(32)33-13-21-19-11-6-4-9-17(19)18-10-5-7-12-20(18)21/h4-7,9-12,21-22H,3,8,13-16H2,1-2H3,(H,27,32)(H,29,30)/t22-/m0/s1. The van der Waals surface area contributed by atoms with Crippen molar-refractivity contribution in [2.45, 2.75) is 44.2 Å². The van der Waals surface area contributed by atoms with Crippen LogP contribution < -0.4 is 5.32 Å². The van der Waals surface area contributed by atoms with Crippen molar-refractivity contribution in [2.75, 3.05) is 26.3 Å². The number of ether oxygens (including phenoxy) is 2. The Balaban J connectivity index is 1.34. The summed E-state index contributed by atoms with van der Waals surface area (Å²) in [6, 6.07) is 15.5. The summed E-state index contributed by atoms with van der Waals surface area (Å²) in [5.74, 6) is -1.32. The molecule has 2 aromatic rings. The zero-order valence-corrected chi connectivity index (χ0v) is 19.5. The Hall–Kier alpha value is -3.39. The number of rotatable bonds is 9. The summed E-state index contributed by atoms with van der Waals surface area (Å²) in [6.45, 7) is 4.05. The van der Waals surface area contributed by atoms with E-state index in [0.29, 0.717) is 12.8 Å². The van der Waals surface area contributed by atoms with Gasteiger partial charge in [0.25, 0.3) is 0 Å². The van der Waals surface area contributed by atoms with Gasteiger partial charge in [0.05, 0.1) is 13.1 Å². The molecule has 2 aliphatic rings. The van der Waals surface area contributed by atoms with Gasteiger partial charge in [0.2, 0.25) is 5.91 Å². The molecule has 1 aliphatic carbocycles. The lowest BCUT2D eigenvalue weighted by atomic mass is 9.94. The molecule has 0 spiro atoms. The molecule has 0 radical (unpaired) electrons. The molecule has 180 valence electrons. The molecule has 2 amide bonds. The summed E-state index contributed by atoms with van der Waals surface area (Å²) < 4.78 is 11.0. The summed E-state index contributed by atoms with van der Waals surface area (Å²) in [5.41, 5.74) is 3.86. The van der Waals surface area contributed by atoms with Crippen LogP contribution in [0.4, 0.5) is 4.79 Å². The number of carbonyl (C=O) groups is 3. The third kappa shape index (κ3) is 4.92. The van der Waals surface area contributed by atoms with Gasteiger partial charge in [-0.2, -0.15) is 0 Å². The van der Waals surface area contributed by atoms with Crippen LogP contribution in [0.15, 0.2) is 48.5 Å². The van der Waals surface area contributed by atoms with Gasteiger partial charge in [0.1, 0.15) is 24.9 Å². The molecule has 8 nitrogen and oxygen atoms in total. The number of hydrogen-bond acceptors (Lipinski definition) is 5. The van der Waals surface area contributed by atoms with E-state index < -0.39 is 30.3 Å². The van der Waals surface area contributed by atoms with Gasteiger partial charge in [-0.05, 0) is 35.6 Å². The summed E-state index contributed by atoms with van der Waals surface area (Å²) in [7, 11) is 0. The fourth-order valence-electron chi connectivity index (χ4n) is 4.79. The molecular formula is C26H30N2O6. The first-order valence-electron chi connectivity index (χ1n) is 11.6. The van der Waals surface area contributed by atoms with Crippen LogP contribution >= 0.6 is 0 Å². The lowest BCUT2D eigenvalue weighted by Crippen LogP contribution is -2.66. The van der Waals surface area contributed by atoms with Crippen molar-refractivity contribution < 1.29 is 29.0 Å². The number of fused-ring (bicyclic) bond motifs is 3. The molecule has 1 fully saturated rings. The molecule has 4 rings (SSSR count). The molecule has 2 aromatic carbocycles.